The molecule has 2 nitrogen and oxygen atoms in total. The first-order valence-corrected chi connectivity index (χ1v) is 4.43. The zero-order valence-corrected chi connectivity index (χ0v) is 7.81. The Kier molecular flexibility index (Phi) is 4.16. The summed E-state index contributed by atoms with van der Waals surface area (Å²) >= 11 is 0. The van der Waals surface area contributed by atoms with E-state index in [1.807, 2.05) is 30.3 Å². The number of carbonyl (C=O) groups is 1. The monoisotopic (exact) mass is 185 g/mol. The highest BCUT2D eigenvalue weighted by molar-refractivity contribution is 5.59. The molecule has 0 heterocycles. The number of hydrogen-bond acceptors (Lipinski definition) is 2. The number of nitrogens with zero attached hydrogens (tertiary/aromatic N) is 1. The van der Waals surface area contributed by atoms with E-state index in [2.05, 4.69) is 6.07 Å². The third-order valence-electron chi connectivity index (χ3n) is 1.85. The van der Waals surface area contributed by atoms with E-state index in [1.54, 1.807) is 6.08 Å². The molecule has 0 aliphatic rings. The van der Waals surface area contributed by atoms with Crippen LogP contribution in [0.5, 0.6) is 0 Å². The molecule has 0 saturated carbocycles. The van der Waals surface area contributed by atoms with Gasteiger partial charge in [-0.3, -0.25) is 0 Å². The van der Waals surface area contributed by atoms with Crippen LogP contribution in [0, 0.1) is 11.3 Å². The normalized spacial score (nSPS) is 9.93. The second kappa shape index (κ2) is 5.71. The number of hydrogen-bond donors (Lipinski definition) is 0. The van der Waals surface area contributed by atoms with Crippen molar-refractivity contribution in [1.29, 1.82) is 5.26 Å². The lowest BCUT2D eigenvalue weighted by Crippen LogP contribution is -1.85. The summed E-state index contributed by atoms with van der Waals surface area (Å²) in [7, 11) is 0. The lowest BCUT2D eigenvalue weighted by atomic mass is 10.0. The fraction of sp³-hybridized carbons (Fsp3) is 0.167. The molecular formula is C12H11NO. The fourth-order valence-corrected chi connectivity index (χ4v) is 1.19. The van der Waals surface area contributed by atoms with E-state index in [0.29, 0.717) is 12.8 Å². The van der Waals surface area contributed by atoms with Crippen molar-refractivity contribution < 1.29 is 4.79 Å². The molecule has 70 valence electrons. The van der Waals surface area contributed by atoms with Crippen LogP contribution in [0.4, 0.5) is 0 Å². The Balaban J connectivity index is 2.84. The molecule has 0 N–H and O–H groups in total. The Morgan fingerprint density at radius 3 is 2.86 bits per heavy atom. The van der Waals surface area contributed by atoms with E-state index in [-0.39, 0.29) is 0 Å². The Morgan fingerprint density at radius 1 is 1.36 bits per heavy atom. The highest BCUT2D eigenvalue weighted by Crippen LogP contribution is 2.11. The molecule has 0 fully saturated rings. The van der Waals surface area contributed by atoms with Gasteiger partial charge in [-0.1, -0.05) is 36.4 Å². The molecule has 0 unspecified atom stereocenters. The topological polar surface area (TPSA) is 40.9 Å². The van der Waals surface area contributed by atoms with Gasteiger partial charge in [0, 0.05) is 6.42 Å². The van der Waals surface area contributed by atoms with Crippen molar-refractivity contribution in [2.24, 2.45) is 0 Å². The van der Waals surface area contributed by atoms with Crippen molar-refractivity contribution in [3.8, 4) is 6.07 Å². The second-order valence-corrected chi connectivity index (χ2v) is 2.84. The van der Waals surface area contributed by atoms with Crippen LogP contribution in [0.2, 0.25) is 0 Å². The van der Waals surface area contributed by atoms with Crippen molar-refractivity contribution in [3.05, 3.63) is 41.5 Å². The Hall–Kier alpha value is -1.88. The van der Waals surface area contributed by atoms with Gasteiger partial charge in [-0.15, -0.1) is 0 Å². The van der Waals surface area contributed by atoms with Crippen LogP contribution in [0.3, 0.4) is 0 Å². The number of benzene rings is 1. The molecule has 0 aliphatic heterocycles. The molecule has 0 radical (unpaired) electrons. The van der Waals surface area contributed by atoms with Gasteiger partial charge in [-0.2, -0.15) is 5.26 Å². The Morgan fingerprint density at radius 2 is 2.14 bits per heavy atom. The zero-order chi connectivity index (χ0) is 10.2. The molecule has 2 heteroatoms. The van der Waals surface area contributed by atoms with Crippen LogP contribution in [0.1, 0.15) is 17.5 Å². The summed E-state index contributed by atoms with van der Waals surface area (Å²) in [6.45, 7) is 0. The summed E-state index contributed by atoms with van der Waals surface area (Å²) < 4.78 is 0. The van der Waals surface area contributed by atoms with Crippen LogP contribution < -0.4 is 0 Å². The third-order valence-corrected chi connectivity index (χ3v) is 1.85. The van der Waals surface area contributed by atoms with Gasteiger partial charge in [0.05, 0.1) is 12.5 Å². The molecule has 0 saturated heterocycles. The molecule has 0 bridgehead atoms. The summed E-state index contributed by atoms with van der Waals surface area (Å²) in [5.41, 5.74) is 2.01. The largest absolute Gasteiger partial charge is 0.303 e. The number of rotatable bonds is 4. The van der Waals surface area contributed by atoms with Crippen LogP contribution >= 0.6 is 0 Å². The summed E-state index contributed by atoms with van der Waals surface area (Å²) in [4.78, 5) is 10.1. The lowest BCUT2D eigenvalue weighted by molar-refractivity contribution is -0.107. The van der Waals surface area contributed by atoms with Crippen molar-refractivity contribution in [2.75, 3.05) is 0 Å². The summed E-state index contributed by atoms with van der Waals surface area (Å²) in [6, 6.07) is 9.79. The molecule has 1 aromatic carbocycles. The average molecular weight is 185 g/mol. The molecular weight excluding hydrogens is 174 g/mol. The molecule has 0 aliphatic carbocycles. The molecule has 0 aromatic heterocycles. The van der Waals surface area contributed by atoms with Crippen LogP contribution in [0.15, 0.2) is 30.3 Å². The second-order valence-electron chi connectivity index (χ2n) is 2.84. The van der Waals surface area contributed by atoms with Gasteiger partial charge in [0.2, 0.25) is 0 Å². The molecule has 0 spiro atoms. The van der Waals surface area contributed by atoms with E-state index >= 15 is 0 Å². The zero-order valence-electron chi connectivity index (χ0n) is 7.81. The van der Waals surface area contributed by atoms with E-state index in [4.69, 9.17) is 5.26 Å². The number of aldehydes is 1. The number of carbonyl (C=O) groups excluding carboxylic acids is 1. The van der Waals surface area contributed by atoms with Gasteiger partial charge in [-0.25, -0.2) is 0 Å². The Bertz CT molecular complexity index is 374. The smallest absolute Gasteiger partial charge is 0.123 e. The van der Waals surface area contributed by atoms with E-state index in [0.717, 1.165) is 17.4 Å². The van der Waals surface area contributed by atoms with Gasteiger partial charge in [-0.05, 0) is 11.1 Å². The van der Waals surface area contributed by atoms with E-state index < -0.39 is 0 Å². The number of nitriles is 1. The molecule has 1 aromatic rings. The van der Waals surface area contributed by atoms with Crippen LogP contribution in [-0.2, 0) is 11.2 Å². The minimum atomic E-state index is 0.404. The van der Waals surface area contributed by atoms with Gasteiger partial charge in [0.1, 0.15) is 6.29 Å². The summed E-state index contributed by atoms with van der Waals surface area (Å²) in [6.07, 6.45) is 5.34. The maximum absolute atomic E-state index is 10.1. The van der Waals surface area contributed by atoms with Crippen molar-refractivity contribution in [3.63, 3.8) is 0 Å². The van der Waals surface area contributed by atoms with Gasteiger partial charge < -0.3 is 4.79 Å². The van der Waals surface area contributed by atoms with Crippen LogP contribution in [0.25, 0.3) is 6.08 Å². The quantitative estimate of drug-likeness (QED) is 0.675. The predicted molar refractivity (Wildman–Crippen MR) is 55.5 cm³/mol. The highest BCUT2D eigenvalue weighted by atomic mass is 16.1. The molecule has 0 amide bonds. The first kappa shape index (κ1) is 10.2. The van der Waals surface area contributed by atoms with Crippen molar-refractivity contribution in [1.82, 2.24) is 0 Å². The molecule has 14 heavy (non-hydrogen) atoms. The van der Waals surface area contributed by atoms with Crippen molar-refractivity contribution >= 4 is 12.4 Å². The predicted octanol–water partition coefficient (Wildman–Crippen LogP) is 2.35. The highest BCUT2D eigenvalue weighted by Gasteiger charge is 1.96. The van der Waals surface area contributed by atoms with Crippen molar-refractivity contribution in [2.45, 2.75) is 12.8 Å². The van der Waals surface area contributed by atoms with Crippen LogP contribution in [-0.4, -0.2) is 6.29 Å². The van der Waals surface area contributed by atoms with E-state index in [9.17, 15) is 4.79 Å². The minimum Gasteiger partial charge on any atom is -0.303 e. The van der Waals surface area contributed by atoms with Gasteiger partial charge >= 0.3 is 0 Å². The molecule has 1 rings (SSSR count). The summed E-state index contributed by atoms with van der Waals surface area (Å²) in [5.74, 6) is 0. The Labute approximate surface area is 83.5 Å². The SMILES string of the molecule is N#CCc1ccccc1C=CCC=O. The number of allylic oxidation sites excluding steroid dienone is 1. The third kappa shape index (κ3) is 2.87. The lowest BCUT2D eigenvalue weighted by Gasteiger charge is -1.99. The van der Waals surface area contributed by atoms with E-state index in [1.165, 1.54) is 0 Å². The average Bonchev–Trinajstić information content (AvgIpc) is 2.21. The maximum Gasteiger partial charge on any atom is 0.123 e. The minimum absolute atomic E-state index is 0.404. The first-order chi connectivity index (χ1) is 6.88. The first-order valence-electron chi connectivity index (χ1n) is 4.43. The fourth-order valence-electron chi connectivity index (χ4n) is 1.19. The van der Waals surface area contributed by atoms with Gasteiger partial charge in [0.25, 0.3) is 0 Å². The standard InChI is InChI=1S/C12H11NO/c13-9-8-12-6-2-1-5-11(12)7-3-4-10-14/h1-3,5-7,10H,4,8H2. The van der Waals surface area contributed by atoms with Gasteiger partial charge in [0.15, 0.2) is 0 Å². The maximum atomic E-state index is 10.1. The summed E-state index contributed by atoms with van der Waals surface area (Å²) in [5, 5.41) is 8.59. The molecule has 0 atom stereocenters.